The van der Waals surface area contributed by atoms with Crippen LogP contribution in [-0.2, 0) is 11.8 Å². The van der Waals surface area contributed by atoms with E-state index in [2.05, 4.69) is 56.8 Å². The lowest BCUT2D eigenvalue weighted by Gasteiger charge is -2.09. The van der Waals surface area contributed by atoms with Gasteiger partial charge in [0.1, 0.15) is 12.0 Å². The number of anilines is 1. The Balaban J connectivity index is 1.75. The largest absolute Gasteiger partial charge is 0.328 e. The van der Waals surface area contributed by atoms with Gasteiger partial charge >= 0.3 is 0 Å². The number of amides is 1. The van der Waals surface area contributed by atoms with Gasteiger partial charge in [-0.3, -0.25) is 4.79 Å². The van der Waals surface area contributed by atoms with E-state index in [1.807, 2.05) is 38.2 Å². The normalized spacial score (nSPS) is 11.2. The van der Waals surface area contributed by atoms with Crippen molar-refractivity contribution in [2.75, 3.05) is 5.32 Å². The molecular formula is C25H20N4OS. The molecule has 0 aliphatic carbocycles. The summed E-state index contributed by atoms with van der Waals surface area (Å²) < 4.78 is 3.37. The van der Waals surface area contributed by atoms with Gasteiger partial charge in [-0.05, 0) is 48.2 Å². The van der Waals surface area contributed by atoms with Crippen molar-refractivity contribution in [3.05, 3.63) is 79.3 Å². The first-order valence-corrected chi connectivity index (χ1v) is 10.7. The zero-order valence-electron chi connectivity index (χ0n) is 17.2. The number of aromatic nitrogens is 3. The van der Waals surface area contributed by atoms with Crippen LogP contribution in [0.3, 0.4) is 0 Å². The lowest BCUT2D eigenvalue weighted by atomic mass is 10.0. The van der Waals surface area contributed by atoms with Crippen LogP contribution >= 0.6 is 11.3 Å². The van der Waals surface area contributed by atoms with E-state index in [-0.39, 0.29) is 5.91 Å². The van der Waals surface area contributed by atoms with E-state index in [0.717, 1.165) is 39.2 Å². The molecule has 152 valence electrons. The van der Waals surface area contributed by atoms with Gasteiger partial charge in [-0.2, -0.15) is 0 Å². The minimum absolute atomic E-state index is 0.228. The average Bonchev–Trinajstić information content (AvgIpc) is 3.34. The smallest absolute Gasteiger partial charge is 0.247 e. The maximum Gasteiger partial charge on any atom is 0.247 e. The first kappa shape index (κ1) is 19.2. The molecule has 5 rings (SSSR count). The zero-order valence-corrected chi connectivity index (χ0v) is 18.0. The van der Waals surface area contributed by atoms with Crippen LogP contribution in [0.5, 0.6) is 0 Å². The highest BCUT2D eigenvalue weighted by atomic mass is 32.1. The van der Waals surface area contributed by atoms with Crippen molar-refractivity contribution in [3.8, 4) is 21.7 Å². The second-order valence-corrected chi connectivity index (χ2v) is 8.44. The summed E-state index contributed by atoms with van der Waals surface area (Å²) in [6.45, 7) is 5.53. The fourth-order valence-electron chi connectivity index (χ4n) is 3.99. The maximum atomic E-state index is 11.6. The van der Waals surface area contributed by atoms with Gasteiger partial charge in [0.25, 0.3) is 0 Å². The number of rotatable bonds is 4. The molecule has 3 aromatic heterocycles. The van der Waals surface area contributed by atoms with Gasteiger partial charge in [-0.15, -0.1) is 11.3 Å². The van der Waals surface area contributed by atoms with Gasteiger partial charge < -0.3 is 9.88 Å². The molecule has 31 heavy (non-hydrogen) atoms. The quantitative estimate of drug-likeness (QED) is 0.363. The number of carbonyl (C=O) groups excluding carboxylic acids is 1. The molecule has 6 heteroatoms. The molecular weight excluding hydrogens is 404 g/mol. The lowest BCUT2D eigenvalue weighted by Crippen LogP contribution is -2.06. The predicted octanol–water partition coefficient (Wildman–Crippen LogP) is 5.95. The molecule has 1 N–H and O–H groups in total. The van der Waals surface area contributed by atoms with Gasteiger partial charge in [0.2, 0.25) is 5.91 Å². The molecule has 0 bridgehead atoms. The number of nitrogens with zero attached hydrogens (tertiary/aromatic N) is 3. The van der Waals surface area contributed by atoms with Crippen LogP contribution in [0.4, 0.5) is 5.69 Å². The molecule has 5 nitrogen and oxygen atoms in total. The number of hydrogen-bond acceptors (Lipinski definition) is 4. The molecule has 0 radical (unpaired) electrons. The highest BCUT2D eigenvalue weighted by Gasteiger charge is 2.22. The van der Waals surface area contributed by atoms with Crippen molar-refractivity contribution in [1.29, 1.82) is 0 Å². The van der Waals surface area contributed by atoms with Crippen LogP contribution < -0.4 is 5.32 Å². The molecule has 0 spiro atoms. The summed E-state index contributed by atoms with van der Waals surface area (Å²) >= 11 is 1.77. The molecule has 0 aliphatic heterocycles. The Morgan fingerprint density at radius 3 is 2.65 bits per heavy atom. The van der Waals surface area contributed by atoms with Gasteiger partial charge in [-0.25, -0.2) is 9.97 Å². The number of fused-ring (bicyclic) bond motifs is 2. The van der Waals surface area contributed by atoms with Gasteiger partial charge in [0.05, 0.1) is 11.4 Å². The SMILES string of the molecule is C=CC(=O)Nc1ccc(-c2c(-c3cc4ccccc4s3)c3c(C)ncnc3n2C)cc1. The van der Waals surface area contributed by atoms with Crippen molar-refractivity contribution < 1.29 is 4.79 Å². The van der Waals surface area contributed by atoms with Crippen LogP contribution in [0.25, 0.3) is 42.8 Å². The van der Waals surface area contributed by atoms with Gasteiger partial charge in [-0.1, -0.05) is 36.9 Å². The average molecular weight is 425 g/mol. The number of nitrogens with one attached hydrogen (secondary N) is 1. The summed E-state index contributed by atoms with van der Waals surface area (Å²) in [5, 5.41) is 5.09. The Bertz CT molecular complexity index is 1430. The third-order valence-corrected chi connectivity index (χ3v) is 6.57. The Morgan fingerprint density at radius 1 is 1.13 bits per heavy atom. The van der Waals surface area contributed by atoms with Gasteiger partial charge in [0, 0.05) is 33.3 Å². The van der Waals surface area contributed by atoms with Crippen molar-refractivity contribution in [2.45, 2.75) is 6.92 Å². The Kier molecular flexibility index (Phi) is 4.64. The highest BCUT2D eigenvalue weighted by molar-refractivity contribution is 7.22. The van der Waals surface area contributed by atoms with Crippen LogP contribution in [0.15, 0.2) is 73.6 Å². The third kappa shape index (κ3) is 3.21. The number of aryl methyl sites for hydroxylation is 2. The van der Waals surface area contributed by atoms with Crippen LogP contribution in [0.1, 0.15) is 5.69 Å². The second-order valence-electron chi connectivity index (χ2n) is 7.36. The molecule has 2 aromatic carbocycles. The molecule has 0 atom stereocenters. The fraction of sp³-hybridized carbons (Fsp3) is 0.0800. The molecule has 0 aliphatic rings. The monoisotopic (exact) mass is 424 g/mol. The van der Waals surface area contributed by atoms with Crippen LogP contribution in [0, 0.1) is 6.92 Å². The van der Waals surface area contributed by atoms with Crippen LogP contribution in [0.2, 0.25) is 0 Å². The maximum absolute atomic E-state index is 11.6. The minimum Gasteiger partial charge on any atom is -0.328 e. The fourth-order valence-corrected chi connectivity index (χ4v) is 5.10. The Morgan fingerprint density at radius 2 is 1.90 bits per heavy atom. The lowest BCUT2D eigenvalue weighted by molar-refractivity contribution is -0.111. The zero-order chi connectivity index (χ0) is 21.5. The summed E-state index contributed by atoms with van der Waals surface area (Å²) in [5.74, 6) is -0.228. The van der Waals surface area contributed by atoms with E-state index < -0.39 is 0 Å². The van der Waals surface area contributed by atoms with E-state index in [0.29, 0.717) is 0 Å². The van der Waals surface area contributed by atoms with E-state index in [4.69, 9.17) is 0 Å². The van der Waals surface area contributed by atoms with Crippen molar-refractivity contribution in [1.82, 2.24) is 14.5 Å². The third-order valence-electron chi connectivity index (χ3n) is 5.44. The second kappa shape index (κ2) is 7.49. The number of thiophene rings is 1. The molecule has 0 fully saturated rings. The molecule has 0 unspecified atom stereocenters. The first-order chi connectivity index (χ1) is 15.1. The van der Waals surface area contributed by atoms with Crippen molar-refractivity contribution >= 4 is 44.1 Å². The van der Waals surface area contributed by atoms with Crippen molar-refractivity contribution in [3.63, 3.8) is 0 Å². The molecule has 3 heterocycles. The van der Waals surface area contributed by atoms with E-state index in [1.165, 1.54) is 21.0 Å². The number of carbonyl (C=O) groups is 1. The Hall–Kier alpha value is -3.77. The number of benzene rings is 2. The van der Waals surface area contributed by atoms with E-state index in [9.17, 15) is 4.79 Å². The number of hydrogen-bond donors (Lipinski definition) is 1. The minimum atomic E-state index is -0.228. The summed E-state index contributed by atoms with van der Waals surface area (Å²) in [6, 6.07) is 18.5. The molecule has 0 saturated carbocycles. The summed E-state index contributed by atoms with van der Waals surface area (Å²) in [7, 11) is 2.04. The Labute approximate surface area is 183 Å². The topological polar surface area (TPSA) is 59.8 Å². The van der Waals surface area contributed by atoms with E-state index >= 15 is 0 Å². The standard InChI is InChI=1S/C25H20N4OS/c1-4-21(30)28-18-11-9-16(10-12-18)24-23(20-13-17-7-5-6-8-19(17)31-20)22-15(2)26-14-27-25(22)29(24)3/h4-14H,1H2,2-3H3,(H,28,30). The highest BCUT2D eigenvalue weighted by Crippen LogP contribution is 2.44. The summed E-state index contributed by atoms with van der Waals surface area (Å²) in [6.07, 6.45) is 2.88. The van der Waals surface area contributed by atoms with Crippen molar-refractivity contribution in [2.24, 2.45) is 7.05 Å². The van der Waals surface area contributed by atoms with E-state index in [1.54, 1.807) is 17.7 Å². The molecule has 0 saturated heterocycles. The predicted molar refractivity (Wildman–Crippen MR) is 128 cm³/mol. The summed E-state index contributed by atoms with van der Waals surface area (Å²) in [4.78, 5) is 21.9. The summed E-state index contributed by atoms with van der Waals surface area (Å²) in [5.41, 5.74) is 5.84. The van der Waals surface area contributed by atoms with Crippen LogP contribution in [-0.4, -0.2) is 20.4 Å². The molecule has 5 aromatic rings. The molecule has 1 amide bonds. The first-order valence-electron chi connectivity index (χ1n) is 9.89. The van der Waals surface area contributed by atoms with Gasteiger partial charge in [0.15, 0.2) is 0 Å².